The van der Waals surface area contributed by atoms with Crippen LogP contribution in [0, 0.1) is 0 Å². The molecule has 1 aromatic heterocycles. The van der Waals surface area contributed by atoms with Gasteiger partial charge in [-0.1, -0.05) is 6.08 Å². The molecular weight excluding hydrogens is 268 g/mol. The number of nitrogens with zero attached hydrogens (tertiary/aromatic N) is 2. The number of aromatic amines is 1. The molecule has 0 spiro atoms. The maximum atomic E-state index is 11.9. The molecule has 114 valence electrons. The fourth-order valence-electron chi connectivity index (χ4n) is 2.45. The number of H-pyrrole nitrogens is 1. The van der Waals surface area contributed by atoms with Crippen LogP contribution in [0.15, 0.2) is 16.9 Å². The molecule has 1 heterocycles. The highest BCUT2D eigenvalue weighted by atomic mass is 16.1. The number of rotatable bonds is 5. The number of hydrogen-bond acceptors (Lipinski definition) is 4. The van der Waals surface area contributed by atoms with Crippen molar-refractivity contribution in [2.45, 2.75) is 32.2 Å². The van der Waals surface area contributed by atoms with Crippen molar-refractivity contribution < 1.29 is 4.79 Å². The summed E-state index contributed by atoms with van der Waals surface area (Å²) < 4.78 is 0. The number of carbonyl (C=O) groups excluding carboxylic acids is 1. The molecule has 1 aliphatic carbocycles. The molecule has 1 amide bonds. The van der Waals surface area contributed by atoms with Gasteiger partial charge in [0.15, 0.2) is 0 Å². The summed E-state index contributed by atoms with van der Waals surface area (Å²) in [6.45, 7) is 0.962. The van der Waals surface area contributed by atoms with E-state index < -0.39 is 0 Å². The van der Waals surface area contributed by atoms with Crippen molar-refractivity contribution in [3.63, 3.8) is 0 Å². The third-order valence-electron chi connectivity index (χ3n) is 3.55. The van der Waals surface area contributed by atoms with Gasteiger partial charge in [0, 0.05) is 24.7 Å². The van der Waals surface area contributed by atoms with E-state index in [1.807, 2.05) is 19.0 Å². The molecule has 0 unspecified atom stereocenters. The molecule has 0 saturated heterocycles. The molecule has 0 radical (unpaired) electrons. The van der Waals surface area contributed by atoms with E-state index in [0.717, 1.165) is 36.9 Å². The zero-order valence-corrected chi connectivity index (χ0v) is 12.6. The van der Waals surface area contributed by atoms with Crippen molar-refractivity contribution in [3.8, 4) is 0 Å². The topological polar surface area (TPSA) is 78.1 Å². The van der Waals surface area contributed by atoms with Crippen LogP contribution in [0.3, 0.4) is 0 Å². The minimum atomic E-state index is -0.201. The van der Waals surface area contributed by atoms with E-state index in [2.05, 4.69) is 15.5 Å². The number of aryl methyl sites for hydroxylation is 1. The summed E-state index contributed by atoms with van der Waals surface area (Å²) in [6.07, 6.45) is 7.24. The van der Waals surface area contributed by atoms with Crippen molar-refractivity contribution in [1.82, 2.24) is 20.4 Å². The summed E-state index contributed by atoms with van der Waals surface area (Å²) >= 11 is 0. The third-order valence-corrected chi connectivity index (χ3v) is 3.55. The minimum Gasteiger partial charge on any atom is -0.348 e. The predicted molar refractivity (Wildman–Crippen MR) is 81.0 cm³/mol. The molecule has 2 N–H and O–H groups in total. The van der Waals surface area contributed by atoms with E-state index in [1.165, 1.54) is 6.08 Å². The third kappa shape index (κ3) is 4.26. The molecule has 6 heteroatoms. The summed E-state index contributed by atoms with van der Waals surface area (Å²) in [5.74, 6) is -0.183. The van der Waals surface area contributed by atoms with Gasteiger partial charge in [-0.15, -0.1) is 0 Å². The second-order valence-electron chi connectivity index (χ2n) is 5.55. The summed E-state index contributed by atoms with van der Waals surface area (Å²) in [5, 5.41) is 9.41. The Balaban J connectivity index is 2.02. The number of likely N-dealkylation sites (N-methyl/N-ethyl adjacent to an activating group) is 1. The van der Waals surface area contributed by atoms with Crippen LogP contribution in [0.25, 0.3) is 0 Å². The number of aromatic nitrogens is 2. The highest BCUT2D eigenvalue weighted by Gasteiger charge is 2.17. The van der Waals surface area contributed by atoms with Gasteiger partial charge in [-0.3, -0.25) is 9.59 Å². The van der Waals surface area contributed by atoms with E-state index >= 15 is 0 Å². The Labute approximate surface area is 124 Å². The van der Waals surface area contributed by atoms with Gasteiger partial charge in [-0.05, 0) is 45.3 Å². The van der Waals surface area contributed by atoms with Gasteiger partial charge < -0.3 is 10.2 Å². The normalized spacial score (nSPS) is 14.4. The average Bonchev–Trinajstić information content (AvgIpc) is 2.46. The summed E-state index contributed by atoms with van der Waals surface area (Å²) in [4.78, 5) is 25.6. The lowest BCUT2D eigenvalue weighted by atomic mass is 9.93. The molecule has 21 heavy (non-hydrogen) atoms. The van der Waals surface area contributed by atoms with E-state index in [1.54, 1.807) is 6.08 Å². The molecule has 0 atom stereocenters. The number of fused-ring (bicyclic) bond motifs is 1. The smallest absolute Gasteiger partial charge is 0.269 e. The Kier molecular flexibility index (Phi) is 5.27. The summed E-state index contributed by atoms with van der Waals surface area (Å²) in [6, 6.07) is 0. The maximum Gasteiger partial charge on any atom is 0.269 e. The van der Waals surface area contributed by atoms with E-state index in [9.17, 15) is 9.59 Å². The molecule has 0 bridgehead atoms. The maximum absolute atomic E-state index is 11.9. The van der Waals surface area contributed by atoms with E-state index in [-0.39, 0.29) is 18.0 Å². The average molecular weight is 290 g/mol. The van der Waals surface area contributed by atoms with Crippen LogP contribution >= 0.6 is 0 Å². The fourth-order valence-corrected chi connectivity index (χ4v) is 2.45. The first kappa shape index (κ1) is 15.4. The Morgan fingerprint density at radius 1 is 1.38 bits per heavy atom. The second-order valence-corrected chi connectivity index (χ2v) is 5.55. The van der Waals surface area contributed by atoms with Crippen molar-refractivity contribution in [3.05, 3.63) is 39.3 Å². The summed E-state index contributed by atoms with van der Waals surface area (Å²) in [5.41, 5.74) is 2.43. The van der Waals surface area contributed by atoms with Crippen LogP contribution < -0.4 is 10.9 Å². The van der Waals surface area contributed by atoms with Crippen molar-refractivity contribution >= 4 is 5.91 Å². The number of amides is 1. The largest absolute Gasteiger partial charge is 0.348 e. The lowest BCUT2D eigenvalue weighted by molar-refractivity contribution is -0.116. The fraction of sp³-hybridized carbons (Fsp3) is 0.533. The monoisotopic (exact) mass is 290 g/mol. The zero-order chi connectivity index (χ0) is 15.2. The lowest BCUT2D eigenvalue weighted by Gasteiger charge is -2.17. The lowest BCUT2D eigenvalue weighted by Crippen LogP contribution is -2.29. The highest BCUT2D eigenvalue weighted by Crippen LogP contribution is 2.19. The van der Waals surface area contributed by atoms with Gasteiger partial charge >= 0.3 is 0 Å². The van der Waals surface area contributed by atoms with Crippen LogP contribution in [0.1, 0.15) is 29.7 Å². The van der Waals surface area contributed by atoms with Crippen molar-refractivity contribution in [2.75, 3.05) is 20.6 Å². The zero-order valence-electron chi connectivity index (χ0n) is 12.6. The van der Waals surface area contributed by atoms with Crippen LogP contribution in [0.5, 0.6) is 0 Å². The van der Waals surface area contributed by atoms with Gasteiger partial charge in [-0.25, -0.2) is 5.10 Å². The Hall–Kier alpha value is -1.95. The molecule has 2 rings (SSSR count). The van der Waals surface area contributed by atoms with Gasteiger partial charge in [0.1, 0.15) is 0 Å². The molecule has 6 nitrogen and oxygen atoms in total. The summed E-state index contributed by atoms with van der Waals surface area (Å²) in [7, 11) is 3.87. The van der Waals surface area contributed by atoms with Gasteiger partial charge in [0.05, 0.1) is 5.69 Å². The first-order valence-electron chi connectivity index (χ1n) is 7.26. The van der Waals surface area contributed by atoms with E-state index in [0.29, 0.717) is 12.1 Å². The van der Waals surface area contributed by atoms with Gasteiger partial charge in [-0.2, -0.15) is 5.10 Å². The minimum absolute atomic E-state index is 0.183. The highest BCUT2D eigenvalue weighted by molar-refractivity contribution is 5.87. The van der Waals surface area contributed by atoms with Crippen molar-refractivity contribution in [2.24, 2.45) is 0 Å². The molecule has 0 saturated carbocycles. The Bertz CT molecular complexity index is 590. The number of nitrogens with one attached hydrogen (secondary N) is 2. The molecule has 1 aromatic rings. The number of hydrogen-bond donors (Lipinski definition) is 2. The molecule has 1 aliphatic rings. The van der Waals surface area contributed by atoms with Crippen LogP contribution in [0.4, 0.5) is 0 Å². The predicted octanol–water partition coefficient (Wildman–Crippen LogP) is 0.383. The molecule has 0 aliphatic heterocycles. The van der Waals surface area contributed by atoms with Gasteiger partial charge in [0.25, 0.3) is 5.56 Å². The quantitative estimate of drug-likeness (QED) is 0.769. The van der Waals surface area contributed by atoms with Crippen LogP contribution in [-0.4, -0.2) is 41.6 Å². The Morgan fingerprint density at radius 2 is 2.14 bits per heavy atom. The Morgan fingerprint density at radius 3 is 2.90 bits per heavy atom. The second kappa shape index (κ2) is 7.17. The van der Waals surface area contributed by atoms with E-state index in [4.69, 9.17) is 0 Å². The first-order valence-corrected chi connectivity index (χ1v) is 7.26. The van der Waals surface area contributed by atoms with Crippen LogP contribution in [-0.2, 0) is 24.2 Å². The number of carbonyl (C=O) groups is 1. The molecular formula is C15H22N4O2. The van der Waals surface area contributed by atoms with Crippen LogP contribution in [0.2, 0.25) is 0 Å². The molecule has 0 aromatic carbocycles. The molecule has 0 fully saturated rings. The first-order chi connectivity index (χ1) is 10.1. The van der Waals surface area contributed by atoms with Crippen molar-refractivity contribution in [1.29, 1.82) is 0 Å². The standard InChI is InChI=1S/C15H22N4O2/c1-19(2)9-5-8-14(20)16-10-12-11-6-3-4-7-13(11)17-18-15(12)21/h5,8H,3-4,6-7,9-10H2,1-2H3,(H,16,20)(H,18,21)/b8-5+. The van der Waals surface area contributed by atoms with Gasteiger partial charge in [0.2, 0.25) is 5.91 Å². The SMILES string of the molecule is CN(C)C/C=C/C(=O)NCc1c2c(n[nH]c1=O)CCCC2.